The van der Waals surface area contributed by atoms with Gasteiger partial charge in [-0.1, -0.05) is 11.6 Å². The lowest BCUT2D eigenvalue weighted by atomic mass is 10.3. The summed E-state index contributed by atoms with van der Waals surface area (Å²) in [6.07, 6.45) is 0. The average Bonchev–Trinajstić information content (AvgIpc) is 2.47. The van der Waals surface area contributed by atoms with E-state index in [-0.39, 0.29) is 0 Å². The molecule has 0 aliphatic carbocycles. The van der Waals surface area contributed by atoms with Crippen LogP contribution < -0.4 is 0 Å². The minimum Gasteiger partial charge on any atom is -0.239 e. The van der Waals surface area contributed by atoms with Crippen LogP contribution in [0.1, 0.15) is 5.01 Å². The zero-order valence-electron chi connectivity index (χ0n) is 6.35. The van der Waals surface area contributed by atoms with E-state index in [0.717, 1.165) is 19.7 Å². The van der Waals surface area contributed by atoms with Gasteiger partial charge in [0.1, 0.15) is 5.01 Å². The Morgan fingerprint density at radius 3 is 2.92 bits per heavy atom. The quantitative estimate of drug-likeness (QED) is 0.709. The van der Waals surface area contributed by atoms with Gasteiger partial charge in [-0.3, -0.25) is 0 Å². The fraction of sp³-hybridized carbons (Fsp3) is 0.125. The van der Waals surface area contributed by atoms with E-state index >= 15 is 0 Å². The van der Waals surface area contributed by atoms with Crippen LogP contribution >= 0.6 is 50.5 Å². The number of rotatable bonds is 1. The molecule has 0 fully saturated rings. The van der Waals surface area contributed by atoms with Crippen molar-refractivity contribution < 1.29 is 0 Å². The van der Waals surface area contributed by atoms with Crippen LogP contribution in [0.2, 0.25) is 5.02 Å². The summed E-state index contributed by atoms with van der Waals surface area (Å²) in [7, 11) is 0. The van der Waals surface area contributed by atoms with E-state index in [9.17, 15) is 0 Å². The molecular formula is C8H4BrCl2NS. The van der Waals surface area contributed by atoms with Crippen LogP contribution in [0.4, 0.5) is 0 Å². The zero-order chi connectivity index (χ0) is 9.42. The summed E-state index contributed by atoms with van der Waals surface area (Å²) in [6, 6.07) is 3.73. The van der Waals surface area contributed by atoms with Crippen LogP contribution in [0.25, 0.3) is 10.2 Å². The van der Waals surface area contributed by atoms with Crippen molar-refractivity contribution in [3.63, 3.8) is 0 Å². The van der Waals surface area contributed by atoms with Crippen LogP contribution in [0.3, 0.4) is 0 Å². The lowest BCUT2D eigenvalue weighted by molar-refractivity contribution is 1.30. The average molecular weight is 297 g/mol. The number of hydrogen-bond acceptors (Lipinski definition) is 2. The smallest absolute Gasteiger partial charge is 0.109 e. The summed E-state index contributed by atoms with van der Waals surface area (Å²) < 4.78 is 1.98. The number of benzene rings is 1. The summed E-state index contributed by atoms with van der Waals surface area (Å²) in [5.74, 6) is 0.448. The number of halogens is 3. The fourth-order valence-corrected chi connectivity index (χ4v) is 3.26. The molecule has 2 aromatic rings. The Kier molecular flexibility index (Phi) is 2.79. The second kappa shape index (κ2) is 3.73. The minimum absolute atomic E-state index is 0.448. The van der Waals surface area contributed by atoms with Crippen molar-refractivity contribution in [3.8, 4) is 0 Å². The Hall–Kier alpha value is 0.170. The van der Waals surface area contributed by atoms with Gasteiger partial charge in [0.25, 0.3) is 0 Å². The van der Waals surface area contributed by atoms with Gasteiger partial charge in [-0.25, -0.2) is 4.98 Å². The first kappa shape index (κ1) is 9.71. The number of aromatic nitrogens is 1. The first-order valence-corrected chi connectivity index (χ1v) is 6.03. The number of hydrogen-bond donors (Lipinski definition) is 0. The largest absolute Gasteiger partial charge is 0.239 e. The molecule has 1 aromatic heterocycles. The Bertz CT molecular complexity index is 455. The molecule has 0 bridgehead atoms. The second-order valence-corrected chi connectivity index (χ2v) is 5.15. The highest BCUT2D eigenvalue weighted by Gasteiger charge is 2.07. The van der Waals surface area contributed by atoms with E-state index in [4.69, 9.17) is 23.2 Å². The van der Waals surface area contributed by atoms with Gasteiger partial charge in [0.05, 0.1) is 16.1 Å². The Morgan fingerprint density at radius 2 is 2.23 bits per heavy atom. The number of nitrogens with zero attached hydrogens (tertiary/aromatic N) is 1. The molecule has 13 heavy (non-hydrogen) atoms. The van der Waals surface area contributed by atoms with Crippen molar-refractivity contribution in [2.24, 2.45) is 0 Å². The lowest BCUT2D eigenvalue weighted by Crippen LogP contribution is -1.74. The molecule has 0 saturated carbocycles. The van der Waals surface area contributed by atoms with E-state index < -0.39 is 0 Å². The molecule has 5 heteroatoms. The fourth-order valence-electron chi connectivity index (χ4n) is 1.06. The number of thiazole rings is 1. The van der Waals surface area contributed by atoms with Gasteiger partial charge in [0, 0.05) is 9.50 Å². The molecule has 0 radical (unpaired) electrons. The van der Waals surface area contributed by atoms with Gasteiger partial charge < -0.3 is 0 Å². The number of fused-ring (bicyclic) bond motifs is 1. The first-order valence-electron chi connectivity index (χ1n) is 3.51. The summed E-state index contributed by atoms with van der Waals surface area (Å²) >= 11 is 16.6. The predicted octanol–water partition coefficient (Wildman–Crippen LogP) is 4.45. The maximum absolute atomic E-state index is 5.89. The molecule has 1 nitrogen and oxygen atoms in total. The van der Waals surface area contributed by atoms with Gasteiger partial charge in [-0.2, -0.15) is 0 Å². The van der Waals surface area contributed by atoms with Crippen molar-refractivity contribution in [1.82, 2.24) is 4.98 Å². The maximum Gasteiger partial charge on any atom is 0.109 e. The van der Waals surface area contributed by atoms with Crippen LogP contribution in [-0.4, -0.2) is 4.98 Å². The highest BCUT2D eigenvalue weighted by molar-refractivity contribution is 9.10. The molecule has 0 amide bonds. The Morgan fingerprint density at radius 1 is 1.46 bits per heavy atom. The van der Waals surface area contributed by atoms with Crippen LogP contribution in [0.15, 0.2) is 16.6 Å². The minimum atomic E-state index is 0.448. The standard InChI is InChI=1S/C8H4BrCl2NS/c9-5-1-4(11)2-6-8(5)12-7(3-10)13-6/h1-2H,3H2. The third-order valence-electron chi connectivity index (χ3n) is 1.57. The highest BCUT2D eigenvalue weighted by Crippen LogP contribution is 2.32. The molecule has 0 saturated heterocycles. The molecule has 0 spiro atoms. The molecule has 0 atom stereocenters. The van der Waals surface area contributed by atoms with Crippen LogP contribution in [-0.2, 0) is 5.88 Å². The Labute approximate surface area is 97.8 Å². The van der Waals surface area contributed by atoms with Gasteiger partial charge in [-0.15, -0.1) is 22.9 Å². The van der Waals surface area contributed by atoms with Crippen molar-refractivity contribution in [1.29, 1.82) is 0 Å². The third-order valence-corrected chi connectivity index (χ3v) is 3.81. The summed E-state index contributed by atoms with van der Waals surface area (Å²) in [6.45, 7) is 0. The predicted molar refractivity (Wildman–Crippen MR) is 61.9 cm³/mol. The SMILES string of the molecule is ClCc1nc2c(Br)cc(Cl)cc2s1. The first-order chi connectivity index (χ1) is 6.20. The van der Waals surface area contributed by atoms with Crippen molar-refractivity contribution in [2.45, 2.75) is 5.88 Å². The second-order valence-electron chi connectivity index (χ2n) is 2.48. The summed E-state index contributed by atoms with van der Waals surface area (Å²) in [4.78, 5) is 4.35. The zero-order valence-corrected chi connectivity index (χ0v) is 10.3. The maximum atomic E-state index is 5.89. The van der Waals surface area contributed by atoms with E-state index in [0.29, 0.717) is 10.9 Å². The molecule has 0 aliphatic heterocycles. The van der Waals surface area contributed by atoms with E-state index in [1.54, 1.807) is 11.3 Å². The summed E-state index contributed by atoms with van der Waals surface area (Å²) in [5, 5.41) is 1.63. The topological polar surface area (TPSA) is 12.9 Å². The van der Waals surface area contributed by atoms with Crippen LogP contribution in [0.5, 0.6) is 0 Å². The molecule has 0 N–H and O–H groups in total. The monoisotopic (exact) mass is 295 g/mol. The molecule has 0 unspecified atom stereocenters. The third kappa shape index (κ3) is 1.84. The molecule has 1 heterocycles. The van der Waals surface area contributed by atoms with Crippen LogP contribution in [0, 0.1) is 0 Å². The normalized spacial score (nSPS) is 11.0. The van der Waals surface area contributed by atoms with E-state index in [1.807, 2.05) is 12.1 Å². The van der Waals surface area contributed by atoms with E-state index in [1.165, 1.54) is 0 Å². The van der Waals surface area contributed by atoms with Crippen molar-refractivity contribution >= 4 is 60.7 Å². The van der Waals surface area contributed by atoms with Gasteiger partial charge in [-0.05, 0) is 28.1 Å². The molecule has 2 rings (SSSR count). The highest BCUT2D eigenvalue weighted by atomic mass is 79.9. The van der Waals surface area contributed by atoms with Gasteiger partial charge in [0.15, 0.2) is 0 Å². The molecule has 1 aromatic carbocycles. The molecule has 68 valence electrons. The molecular weight excluding hydrogens is 293 g/mol. The number of alkyl halides is 1. The van der Waals surface area contributed by atoms with Crippen molar-refractivity contribution in [2.75, 3.05) is 0 Å². The summed E-state index contributed by atoms with van der Waals surface area (Å²) in [5.41, 5.74) is 0.935. The van der Waals surface area contributed by atoms with Crippen molar-refractivity contribution in [3.05, 3.63) is 26.6 Å². The van der Waals surface area contributed by atoms with Gasteiger partial charge in [0.2, 0.25) is 0 Å². The van der Waals surface area contributed by atoms with E-state index in [2.05, 4.69) is 20.9 Å². The lowest BCUT2D eigenvalue weighted by Gasteiger charge is -1.92. The molecule has 0 aliphatic rings. The Balaban J connectivity index is 2.75. The van der Waals surface area contributed by atoms with Gasteiger partial charge >= 0.3 is 0 Å².